The number of hydrogen-bond donors (Lipinski definition) is 1. The molecule has 0 saturated heterocycles. The maximum Gasteiger partial charge on any atom is 0.264 e. The van der Waals surface area contributed by atoms with Crippen LogP contribution in [-0.2, 0) is 26.0 Å². The summed E-state index contributed by atoms with van der Waals surface area (Å²) in [6.07, 6.45) is 1.65. The summed E-state index contributed by atoms with van der Waals surface area (Å²) in [5.74, 6) is -0.719. The van der Waals surface area contributed by atoms with E-state index >= 15 is 0 Å². The van der Waals surface area contributed by atoms with Crippen LogP contribution in [0.15, 0.2) is 89.8 Å². The Hall–Kier alpha value is -3.36. The van der Waals surface area contributed by atoms with E-state index in [0.717, 1.165) is 16.3 Å². The summed E-state index contributed by atoms with van der Waals surface area (Å²) in [6.45, 7) is 5.52. The van der Waals surface area contributed by atoms with Crippen LogP contribution >= 0.6 is 11.6 Å². The molecule has 0 aromatic heterocycles. The molecule has 0 spiro atoms. The number of hydrogen-bond acceptors (Lipinski definition) is 4. The number of halogens is 1. The van der Waals surface area contributed by atoms with Crippen molar-refractivity contribution in [2.24, 2.45) is 0 Å². The van der Waals surface area contributed by atoms with Gasteiger partial charge in [0.15, 0.2) is 0 Å². The summed E-state index contributed by atoms with van der Waals surface area (Å²) in [5, 5.41) is 3.43. The number of benzene rings is 3. The minimum Gasteiger partial charge on any atom is -0.352 e. The van der Waals surface area contributed by atoms with Crippen molar-refractivity contribution in [2.45, 2.75) is 57.0 Å². The Bertz CT molecular complexity index is 1320. The van der Waals surface area contributed by atoms with Gasteiger partial charge in [0.05, 0.1) is 10.6 Å². The zero-order valence-corrected chi connectivity index (χ0v) is 24.2. The Balaban J connectivity index is 1.99. The Labute approximate surface area is 236 Å². The van der Waals surface area contributed by atoms with Gasteiger partial charge in [0.2, 0.25) is 11.8 Å². The van der Waals surface area contributed by atoms with E-state index in [-0.39, 0.29) is 23.4 Å². The van der Waals surface area contributed by atoms with Gasteiger partial charge in [0.1, 0.15) is 12.6 Å². The van der Waals surface area contributed by atoms with Crippen molar-refractivity contribution in [3.8, 4) is 0 Å². The lowest BCUT2D eigenvalue weighted by Gasteiger charge is -2.33. The lowest BCUT2D eigenvalue weighted by atomic mass is 10.1. The quantitative estimate of drug-likeness (QED) is 0.303. The van der Waals surface area contributed by atoms with Crippen LogP contribution in [0.2, 0.25) is 5.02 Å². The average Bonchev–Trinajstić information content (AvgIpc) is 2.95. The molecule has 0 saturated carbocycles. The van der Waals surface area contributed by atoms with Crippen LogP contribution in [0.5, 0.6) is 0 Å². The van der Waals surface area contributed by atoms with Crippen molar-refractivity contribution in [3.05, 3.63) is 95.5 Å². The van der Waals surface area contributed by atoms with Crippen molar-refractivity contribution in [1.29, 1.82) is 0 Å². The summed E-state index contributed by atoms with van der Waals surface area (Å²) in [4.78, 5) is 28.8. The molecular weight excluding hydrogens is 534 g/mol. The Kier molecular flexibility index (Phi) is 10.9. The van der Waals surface area contributed by atoms with Crippen molar-refractivity contribution in [3.63, 3.8) is 0 Å². The monoisotopic (exact) mass is 569 g/mol. The highest BCUT2D eigenvalue weighted by Gasteiger charge is 2.33. The second-order valence-electron chi connectivity index (χ2n) is 9.37. The van der Waals surface area contributed by atoms with Crippen molar-refractivity contribution in [2.75, 3.05) is 17.4 Å². The first-order chi connectivity index (χ1) is 18.7. The van der Waals surface area contributed by atoms with E-state index in [2.05, 4.69) is 5.32 Å². The summed E-state index contributed by atoms with van der Waals surface area (Å²) >= 11 is 6.06. The number of nitrogens with zero attached hydrogens (tertiary/aromatic N) is 2. The predicted molar refractivity (Wildman–Crippen MR) is 156 cm³/mol. The van der Waals surface area contributed by atoms with Gasteiger partial charge in [-0.1, -0.05) is 74.0 Å². The molecule has 0 aliphatic carbocycles. The molecule has 1 N–H and O–H groups in total. The van der Waals surface area contributed by atoms with E-state index in [1.807, 2.05) is 51.1 Å². The first-order valence-corrected chi connectivity index (χ1v) is 15.0. The first kappa shape index (κ1) is 30.2. The maximum absolute atomic E-state index is 14.0. The highest BCUT2D eigenvalue weighted by atomic mass is 35.5. The van der Waals surface area contributed by atoms with E-state index in [1.165, 1.54) is 17.0 Å². The molecule has 9 heteroatoms. The molecule has 0 radical (unpaired) electrons. The van der Waals surface area contributed by atoms with Crippen LogP contribution in [0.3, 0.4) is 0 Å². The highest BCUT2D eigenvalue weighted by molar-refractivity contribution is 7.92. The standard InChI is InChI=1S/C30H36ClN3O4S/c1-4-23(3)32-30(36)28(5-2)33(21-20-24-12-8-6-9-13-24)29(35)22-34(26-18-16-25(31)17-19-26)39(37,38)27-14-10-7-11-15-27/h6-19,23,28H,4-5,20-22H2,1-3H3,(H,32,36)/t23-,28-/m1/s1. The Morgan fingerprint density at radius 2 is 1.46 bits per heavy atom. The first-order valence-electron chi connectivity index (χ1n) is 13.1. The molecule has 0 unspecified atom stereocenters. The van der Waals surface area contributed by atoms with Gasteiger partial charge >= 0.3 is 0 Å². The van der Waals surface area contributed by atoms with Crippen LogP contribution in [-0.4, -0.2) is 50.3 Å². The average molecular weight is 570 g/mol. The zero-order valence-electron chi connectivity index (χ0n) is 22.6. The highest BCUT2D eigenvalue weighted by Crippen LogP contribution is 2.26. The summed E-state index contributed by atoms with van der Waals surface area (Å²) in [5.41, 5.74) is 1.32. The van der Waals surface area contributed by atoms with E-state index in [4.69, 9.17) is 11.6 Å². The van der Waals surface area contributed by atoms with Crippen LogP contribution in [0, 0.1) is 0 Å². The number of carbonyl (C=O) groups excluding carboxylic acids is 2. The molecule has 0 bridgehead atoms. The molecule has 39 heavy (non-hydrogen) atoms. The minimum absolute atomic E-state index is 0.0540. The van der Waals surface area contributed by atoms with E-state index < -0.39 is 28.5 Å². The molecule has 3 aromatic rings. The van der Waals surface area contributed by atoms with Gasteiger partial charge < -0.3 is 10.2 Å². The predicted octanol–water partition coefficient (Wildman–Crippen LogP) is 5.30. The fraction of sp³-hybridized carbons (Fsp3) is 0.333. The van der Waals surface area contributed by atoms with E-state index in [1.54, 1.807) is 42.5 Å². The van der Waals surface area contributed by atoms with Crippen molar-refractivity contribution in [1.82, 2.24) is 10.2 Å². The third-order valence-corrected chi connectivity index (χ3v) is 8.64. The van der Waals surface area contributed by atoms with Gasteiger partial charge in [0.25, 0.3) is 10.0 Å². The molecule has 2 atom stereocenters. The van der Waals surface area contributed by atoms with Crippen molar-refractivity contribution >= 4 is 39.1 Å². The molecule has 3 rings (SSSR count). The number of rotatable bonds is 13. The second-order valence-corrected chi connectivity index (χ2v) is 11.7. The molecule has 0 fully saturated rings. The maximum atomic E-state index is 14.0. The van der Waals surface area contributed by atoms with Gasteiger partial charge in [-0.3, -0.25) is 13.9 Å². The van der Waals surface area contributed by atoms with Crippen LogP contribution in [0.1, 0.15) is 39.2 Å². The zero-order chi connectivity index (χ0) is 28.4. The third-order valence-electron chi connectivity index (χ3n) is 6.60. The lowest BCUT2D eigenvalue weighted by Crippen LogP contribution is -2.54. The molecule has 2 amide bonds. The summed E-state index contributed by atoms with van der Waals surface area (Å²) in [7, 11) is -4.10. The third kappa shape index (κ3) is 8.07. The number of anilines is 1. The van der Waals surface area contributed by atoms with Crippen LogP contribution in [0.25, 0.3) is 0 Å². The van der Waals surface area contributed by atoms with Gasteiger partial charge in [-0.2, -0.15) is 0 Å². The molecule has 208 valence electrons. The Morgan fingerprint density at radius 3 is 2.03 bits per heavy atom. The molecule has 7 nitrogen and oxygen atoms in total. The number of sulfonamides is 1. The normalized spacial score (nSPS) is 12.8. The van der Waals surface area contributed by atoms with E-state index in [0.29, 0.717) is 23.6 Å². The number of carbonyl (C=O) groups is 2. The molecule has 0 aliphatic rings. The largest absolute Gasteiger partial charge is 0.352 e. The molecule has 0 heterocycles. The van der Waals surface area contributed by atoms with Crippen LogP contribution in [0.4, 0.5) is 5.69 Å². The molecule has 0 aliphatic heterocycles. The Morgan fingerprint density at radius 1 is 0.872 bits per heavy atom. The number of nitrogens with one attached hydrogen (secondary N) is 1. The fourth-order valence-corrected chi connectivity index (χ4v) is 5.75. The van der Waals surface area contributed by atoms with Gasteiger partial charge in [-0.15, -0.1) is 0 Å². The smallest absolute Gasteiger partial charge is 0.264 e. The van der Waals surface area contributed by atoms with Gasteiger partial charge in [-0.05, 0) is 68.1 Å². The van der Waals surface area contributed by atoms with Crippen LogP contribution < -0.4 is 9.62 Å². The summed E-state index contributed by atoms with van der Waals surface area (Å²) < 4.78 is 28.6. The van der Waals surface area contributed by atoms with Gasteiger partial charge in [-0.25, -0.2) is 8.42 Å². The second kappa shape index (κ2) is 14.1. The SMILES string of the molecule is CC[C@@H](C)NC(=O)[C@@H](CC)N(CCc1ccccc1)C(=O)CN(c1ccc(Cl)cc1)S(=O)(=O)c1ccccc1. The fourth-order valence-electron chi connectivity index (χ4n) is 4.19. The lowest BCUT2D eigenvalue weighted by molar-refractivity contribution is -0.139. The van der Waals surface area contributed by atoms with E-state index in [9.17, 15) is 18.0 Å². The topological polar surface area (TPSA) is 86.8 Å². The molecular formula is C30H36ClN3O4S. The van der Waals surface area contributed by atoms with Gasteiger partial charge in [0, 0.05) is 17.6 Å². The summed E-state index contributed by atoms with van der Waals surface area (Å²) in [6, 6.07) is 23.1. The minimum atomic E-state index is -4.10. The number of amides is 2. The van der Waals surface area contributed by atoms with Crippen molar-refractivity contribution < 1.29 is 18.0 Å². The molecule has 3 aromatic carbocycles.